The average molecular weight is 338 g/mol. The smallest absolute Gasteiger partial charge is 0.151 e. The van der Waals surface area contributed by atoms with E-state index >= 15 is 0 Å². The lowest BCUT2D eigenvalue weighted by Gasteiger charge is -2.15. The molecular weight excluding hydrogens is 321 g/mol. The van der Waals surface area contributed by atoms with Crippen LogP contribution in [-0.2, 0) is 9.84 Å². The molecule has 1 atom stereocenters. The standard InChI is InChI=1S/C12H17BrFNO2S/c1-3-18(16,17)7-6-15-9(2)11-5-4-10(13)8-12(11)14/h4-5,8-9,15H,3,6-7H2,1-2H3/t9-/m0/s1. The van der Waals surface area contributed by atoms with Crippen LogP contribution in [-0.4, -0.2) is 26.5 Å². The van der Waals surface area contributed by atoms with Crippen LogP contribution in [0.4, 0.5) is 4.39 Å². The summed E-state index contributed by atoms with van der Waals surface area (Å²) in [6.45, 7) is 3.75. The third-order valence-electron chi connectivity index (χ3n) is 2.73. The minimum atomic E-state index is -2.98. The van der Waals surface area contributed by atoms with E-state index in [4.69, 9.17) is 0 Å². The molecule has 1 aromatic carbocycles. The summed E-state index contributed by atoms with van der Waals surface area (Å²) in [7, 11) is -2.98. The van der Waals surface area contributed by atoms with E-state index in [9.17, 15) is 12.8 Å². The van der Waals surface area contributed by atoms with Crippen molar-refractivity contribution in [3.63, 3.8) is 0 Å². The second kappa shape index (κ2) is 6.63. The van der Waals surface area contributed by atoms with Gasteiger partial charge in [0.2, 0.25) is 0 Å². The molecule has 1 rings (SSSR count). The van der Waals surface area contributed by atoms with E-state index in [-0.39, 0.29) is 23.4 Å². The van der Waals surface area contributed by atoms with Crippen LogP contribution in [0.5, 0.6) is 0 Å². The zero-order chi connectivity index (χ0) is 13.8. The fraction of sp³-hybridized carbons (Fsp3) is 0.500. The van der Waals surface area contributed by atoms with Crippen molar-refractivity contribution in [1.82, 2.24) is 5.32 Å². The van der Waals surface area contributed by atoms with E-state index in [0.29, 0.717) is 16.6 Å². The highest BCUT2D eigenvalue weighted by Gasteiger charge is 2.12. The molecule has 0 amide bonds. The first-order chi connectivity index (χ1) is 8.35. The van der Waals surface area contributed by atoms with Crippen molar-refractivity contribution < 1.29 is 12.8 Å². The second-order valence-electron chi connectivity index (χ2n) is 4.08. The predicted octanol–water partition coefficient (Wildman–Crippen LogP) is 2.67. The molecule has 0 fully saturated rings. The molecule has 0 heterocycles. The third kappa shape index (κ3) is 4.66. The molecule has 0 aromatic heterocycles. The van der Waals surface area contributed by atoms with Gasteiger partial charge in [-0.15, -0.1) is 0 Å². The molecule has 0 bridgehead atoms. The van der Waals surface area contributed by atoms with Gasteiger partial charge in [-0.1, -0.05) is 28.9 Å². The maximum absolute atomic E-state index is 13.6. The summed E-state index contributed by atoms with van der Waals surface area (Å²) in [5, 5.41) is 3.02. The lowest BCUT2D eigenvalue weighted by Crippen LogP contribution is -2.26. The molecule has 1 aromatic rings. The number of benzene rings is 1. The SMILES string of the molecule is CCS(=O)(=O)CCN[C@@H](C)c1ccc(Br)cc1F. The fourth-order valence-corrected chi connectivity index (χ4v) is 2.59. The van der Waals surface area contributed by atoms with Crippen LogP contribution in [0.25, 0.3) is 0 Å². The Hall–Kier alpha value is -0.460. The van der Waals surface area contributed by atoms with E-state index in [2.05, 4.69) is 21.2 Å². The third-order valence-corrected chi connectivity index (χ3v) is 4.93. The summed E-state index contributed by atoms with van der Waals surface area (Å²) in [6.07, 6.45) is 0. The van der Waals surface area contributed by atoms with E-state index in [1.54, 1.807) is 19.1 Å². The van der Waals surface area contributed by atoms with Crippen molar-refractivity contribution in [1.29, 1.82) is 0 Å². The van der Waals surface area contributed by atoms with E-state index in [0.717, 1.165) is 0 Å². The largest absolute Gasteiger partial charge is 0.309 e. The number of halogens is 2. The van der Waals surface area contributed by atoms with Gasteiger partial charge in [0, 0.05) is 28.4 Å². The molecule has 0 unspecified atom stereocenters. The molecule has 18 heavy (non-hydrogen) atoms. The van der Waals surface area contributed by atoms with Crippen molar-refractivity contribution in [2.75, 3.05) is 18.1 Å². The number of hydrogen-bond donors (Lipinski definition) is 1. The molecule has 3 nitrogen and oxygen atoms in total. The molecule has 0 aliphatic carbocycles. The molecule has 6 heteroatoms. The molecule has 0 aliphatic rings. The minimum Gasteiger partial charge on any atom is -0.309 e. The van der Waals surface area contributed by atoms with Crippen LogP contribution in [0, 0.1) is 5.82 Å². The summed E-state index contributed by atoms with van der Waals surface area (Å²) in [6, 6.07) is 4.63. The molecule has 0 saturated carbocycles. The highest BCUT2D eigenvalue weighted by atomic mass is 79.9. The van der Waals surface area contributed by atoms with Crippen molar-refractivity contribution in [3.05, 3.63) is 34.1 Å². The zero-order valence-electron chi connectivity index (χ0n) is 10.4. The van der Waals surface area contributed by atoms with Gasteiger partial charge in [0.15, 0.2) is 9.84 Å². The molecule has 0 saturated heterocycles. The number of rotatable bonds is 6. The molecule has 0 radical (unpaired) electrons. The number of nitrogens with one attached hydrogen (secondary N) is 1. The quantitative estimate of drug-likeness (QED) is 0.867. The Morgan fingerprint density at radius 1 is 1.44 bits per heavy atom. The van der Waals surface area contributed by atoms with Gasteiger partial charge in [-0.05, 0) is 19.1 Å². The Labute approximate surface area is 116 Å². The summed E-state index contributed by atoms with van der Waals surface area (Å²) in [5.41, 5.74) is 0.534. The van der Waals surface area contributed by atoms with Crippen LogP contribution in [0.15, 0.2) is 22.7 Å². The van der Waals surface area contributed by atoms with Crippen molar-refractivity contribution >= 4 is 25.8 Å². The van der Waals surface area contributed by atoms with E-state index in [1.807, 2.05) is 6.92 Å². The average Bonchev–Trinajstić information content (AvgIpc) is 2.28. The van der Waals surface area contributed by atoms with Crippen molar-refractivity contribution in [2.24, 2.45) is 0 Å². The Morgan fingerprint density at radius 3 is 2.67 bits per heavy atom. The van der Waals surface area contributed by atoms with Gasteiger partial charge in [-0.3, -0.25) is 0 Å². The Kier molecular flexibility index (Phi) is 5.75. The van der Waals surface area contributed by atoms with Gasteiger partial charge in [-0.2, -0.15) is 0 Å². The van der Waals surface area contributed by atoms with Gasteiger partial charge in [0.1, 0.15) is 5.82 Å². The summed E-state index contributed by atoms with van der Waals surface area (Å²) in [5.74, 6) is -0.0930. The summed E-state index contributed by atoms with van der Waals surface area (Å²) in [4.78, 5) is 0. The van der Waals surface area contributed by atoms with Crippen LogP contribution < -0.4 is 5.32 Å². The maximum atomic E-state index is 13.6. The summed E-state index contributed by atoms with van der Waals surface area (Å²) >= 11 is 3.19. The normalized spacial score (nSPS) is 13.6. The Bertz CT molecular complexity index is 505. The summed E-state index contributed by atoms with van der Waals surface area (Å²) < 4.78 is 36.9. The fourth-order valence-electron chi connectivity index (χ4n) is 1.54. The molecule has 102 valence electrons. The molecular formula is C12H17BrFNO2S. The minimum absolute atomic E-state index is 0.0754. The zero-order valence-corrected chi connectivity index (χ0v) is 12.8. The van der Waals surface area contributed by atoms with Crippen molar-refractivity contribution in [3.8, 4) is 0 Å². The van der Waals surface area contributed by atoms with Gasteiger partial charge >= 0.3 is 0 Å². The van der Waals surface area contributed by atoms with Crippen LogP contribution in [0.2, 0.25) is 0 Å². The Morgan fingerprint density at radius 2 is 2.11 bits per heavy atom. The highest BCUT2D eigenvalue weighted by Crippen LogP contribution is 2.20. The van der Waals surface area contributed by atoms with E-state index in [1.165, 1.54) is 6.07 Å². The topological polar surface area (TPSA) is 46.2 Å². The van der Waals surface area contributed by atoms with Gasteiger partial charge < -0.3 is 5.32 Å². The lowest BCUT2D eigenvalue weighted by atomic mass is 10.1. The number of sulfone groups is 1. The molecule has 1 N–H and O–H groups in total. The van der Waals surface area contributed by atoms with Crippen molar-refractivity contribution in [2.45, 2.75) is 19.9 Å². The van der Waals surface area contributed by atoms with Gasteiger partial charge in [0.05, 0.1) is 5.75 Å². The van der Waals surface area contributed by atoms with Crippen LogP contribution in [0.3, 0.4) is 0 Å². The van der Waals surface area contributed by atoms with Gasteiger partial charge in [-0.25, -0.2) is 12.8 Å². The van der Waals surface area contributed by atoms with Crippen LogP contribution in [0.1, 0.15) is 25.5 Å². The number of hydrogen-bond acceptors (Lipinski definition) is 3. The highest BCUT2D eigenvalue weighted by molar-refractivity contribution is 9.10. The molecule has 0 aliphatic heterocycles. The first-order valence-corrected chi connectivity index (χ1v) is 8.36. The lowest BCUT2D eigenvalue weighted by molar-refractivity contribution is 0.536. The first kappa shape index (κ1) is 15.6. The van der Waals surface area contributed by atoms with Gasteiger partial charge in [0.25, 0.3) is 0 Å². The maximum Gasteiger partial charge on any atom is 0.151 e. The second-order valence-corrected chi connectivity index (χ2v) is 7.47. The first-order valence-electron chi connectivity index (χ1n) is 5.74. The predicted molar refractivity (Wildman–Crippen MR) is 74.8 cm³/mol. The van der Waals surface area contributed by atoms with E-state index < -0.39 is 9.84 Å². The Balaban J connectivity index is 2.58. The van der Waals surface area contributed by atoms with Crippen LogP contribution >= 0.6 is 15.9 Å². The monoisotopic (exact) mass is 337 g/mol. The molecule has 0 spiro atoms.